The van der Waals surface area contributed by atoms with Gasteiger partial charge in [-0.15, -0.1) is 0 Å². The lowest BCUT2D eigenvalue weighted by Gasteiger charge is -2.14. The van der Waals surface area contributed by atoms with Gasteiger partial charge >= 0.3 is 0 Å². The van der Waals surface area contributed by atoms with Gasteiger partial charge in [0.2, 0.25) is 5.91 Å². The van der Waals surface area contributed by atoms with Gasteiger partial charge in [0.05, 0.1) is 6.04 Å². The first-order chi connectivity index (χ1) is 9.54. The molecule has 0 aliphatic heterocycles. The molecule has 1 amide bonds. The van der Waals surface area contributed by atoms with E-state index in [0.29, 0.717) is 12.0 Å². The second-order valence-electron chi connectivity index (χ2n) is 6.30. The smallest absolute Gasteiger partial charge is 0.237 e. The Morgan fingerprint density at radius 3 is 2.30 bits per heavy atom. The van der Waals surface area contributed by atoms with Crippen molar-refractivity contribution in [1.29, 1.82) is 0 Å². The zero-order valence-electron chi connectivity index (χ0n) is 12.8. The Hall–Kier alpha value is -1.35. The molecule has 0 bridgehead atoms. The number of hydrogen-bond acceptors (Lipinski definition) is 2. The van der Waals surface area contributed by atoms with Gasteiger partial charge in [0, 0.05) is 12.6 Å². The number of benzene rings is 1. The van der Waals surface area contributed by atoms with E-state index in [0.717, 1.165) is 25.8 Å². The van der Waals surface area contributed by atoms with Crippen LogP contribution in [0.25, 0.3) is 0 Å². The van der Waals surface area contributed by atoms with Crippen LogP contribution in [0.3, 0.4) is 0 Å². The van der Waals surface area contributed by atoms with Gasteiger partial charge in [-0.3, -0.25) is 4.79 Å². The summed E-state index contributed by atoms with van der Waals surface area (Å²) in [6.45, 7) is 7.12. The molecule has 3 nitrogen and oxygen atoms in total. The monoisotopic (exact) mass is 274 g/mol. The van der Waals surface area contributed by atoms with Crippen molar-refractivity contribution in [3.05, 3.63) is 35.4 Å². The SMILES string of the molecule is CC(C)Cc1ccc(CNC(C)C(=O)NC2CC2)cc1. The Bertz CT molecular complexity index is 435. The van der Waals surface area contributed by atoms with Gasteiger partial charge in [0.15, 0.2) is 0 Å². The number of carbonyl (C=O) groups excluding carboxylic acids is 1. The molecule has 1 unspecified atom stereocenters. The van der Waals surface area contributed by atoms with Crippen molar-refractivity contribution in [2.45, 2.75) is 58.7 Å². The fourth-order valence-corrected chi connectivity index (χ4v) is 2.18. The summed E-state index contributed by atoms with van der Waals surface area (Å²) in [6, 6.07) is 8.97. The van der Waals surface area contributed by atoms with Gasteiger partial charge in [-0.25, -0.2) is 0 Å². The molecular formula is C17H26N2O. The van der Waals surface area contributed by atoms with E-state index in [4.69, 9.17) is 0 Å². The van der Waals surface area contributed by atoms with Crippen LogP contribution in [-0.4, -0.2) is 18.0 Å². The number of nitrogens with one attached hydrogen (secondary N) is 2. The van der Waals surface area contributed by atoms with Crippen LogP contribution in [-0.2, 0) is 17.8 Å². The highest BCUT2D eigenvalue weighted by molar-refractivity contribution is 5.81. The maximum atomic E-state index is 11.8. The predicted octanol–water partition coefficient (Wildman–Crippen LogP) is 2.64. The Balaban J connectivity index is 1.76. The standard InChI is InChI=1S/C17H26N2O/c1-12(2)10-14-4-6-15(7-5-14)11-18-13(3)17(20)19-16-8-9-16/h4-7,12-13,16,18H,8-11H2,1-3H3,(H,19,20). The zero-order chi connectivity index (χ0) is 14.5. The van der Waals surface area contributed by atoms with Crippen molar-refractivity contribution < 1.29 is 4.79 Å². The van der Waals surface area contributed by atoms with Crippen molar-refractivity contribution in [1.82, 2.24) is 10.6 Å². The van der Waals surface area contributed by atoms with Crippen molar-refractivity contribution in [3.63, 3.8) is 0 Å². The molecule has 1 aliphatic rings. The fraction of sp³-hybridized carbons (Fsp3) is 0.588. The van der Waals surface area contributed by atoms with E-state index in [-0.39, 0.29) is 11.9 Å². The molecule has 1 saturated carbocycles. The second-order valence-corrected chi connectivity index (χ2v) is 6.30. The van der Waals surface area contributed by atoms with Gasteiger partial charge in [-0.1, -0.05) is 38.1 Å². The van der Waals surface area contributed by atoms with Crippen LogP contribution in [0.2, 0.25) is 0 Å². The lowest BCUT2D eigenvalue weighted by Crippen LogP contribution is -2.42. The number of carbonyl (C=O) groups is 1. The van der Waals surface area contributed by atoms with Crippen LogP contribution in [0.4, 0.5) is 0 Å². The Kier molecular flexibility index (Phi) is 5.18. The van der Waals surface area contributed by atoms with E-state index in [9.17, 15) is 4.79 Å². The molecule has 0 radical (unpaired) electrons. The molecule has 1 aromatic rings. The molecule has 0 aromatic heterocycles. The summed E-state index contributed by atoms with van der Waals surface area (Å²) in [7, 11) is 0. The summed E-state index contributed by atoms with van der Waals surface area (Å²) >= 11 is 0. The lowest BCUT2D eigenvalue weighted by molar-refractivity contribution is -0.122. The van der Waals surface area contributed by atoms with Crippen LogP contribution in [0.15, 0.2) is 24.3 Å². The van der Waals surface area contributed by atoms with Crippen LogP contribution in [0, 0.1) is 5.92 Å². The Morgan fingerprint density at radius 1 is 1.15 bits per heavy atom. The summed E-state index contributed by atoms with van der Waals surface area (Å²) in [4.78, 5) is 11.8. The average molecular weight is 274 g/mol. The average Bonchev–Trinajstić information content (AvgIpc) is 3.20. The Morgan fingerprint density at radius 2 is 1.75 bits per heavy atom. The van der Waals surface area contributed by atoms with Crippen molar-refractivity contribution >= 4 is 5.91 Å². The predicted molar refractivity (Wildman–Crippen MR) is 82.5 cm³/mol. The number of hydrogen-bond donors (Lipinski definition) is 2. The first kappa shape index (κ1) is 15.0. The van der Waals surface area contributed by atoms with Gasteiger partial charge in [0.25, 0.3) is 0 Å². The van der Waals surface area contributed by atoms with E-state index in [1.165, 1.54) is 11.1 Å². The minimum absolute atomic E-state index is 0.115. The summed E-state index contributed by atoms with van der Waals surface area (Å²) < 4.78 is 0. The third kappa shape index (κ3) is 4.97. The minimum atomic E-state index is -0.133. The normalized spacial score (nSPS) is 16.2. The molecule has 1 fully saturated rings. The highest BCUT2D eigenvalue weighted by Gasteiger charge is 2.25. The number of rotatable bonds is 7. The van der Waals surface area contributed by atoms with Crippen LogP contribution in [0.1, 0.15) is 44.7 Å². The summed E-state index contributed by atoms with van der Waals surface area (Å²) in [5.41, 5.74) is 2.60. The van der Waals surface area contributed by atoms with E-state index in [1.54, 1.807) is 0 Å². The highest BCUT2D eigenvalue weighted by atomic mass is 16.2. The van der Waals surface area contributed by atoms with Crippen molar-refractivity contribution in [3.8, 4) is 0 Å². The van der Waals surface area contributed by atoms with E-state index in [1.807, 2.05) is 6.92 Å². The van der Waals surface area contributed by atoms with E-state index in [2.05, 4.69) is 48.7 Å². The molecule has 110 valence electrons. The molecule has 0 heterocycles. The second kappa shape index (κ2) is 6.89. The van der Waals surface area contributed by atoms with Crippen molar-refractivity contribution in [2.75, 3.05) is 0 Å². The van der Waals surface area contributed by atoms with Gasteiger partial charge < -0.3 is 10.6 Å². The molecule has 3 heteroatoms. The molecule has 0 saturated heterocycles. The maximum Gasteiger partial charge on any atom is 0.237 e. The number of amides is 1. The van der Waals surface area contributed by atoms with Crippen LogP contribution in [0.5, 0.6) is 0 Å². The Labute approximate surface area is 122 Å². The van der Waals surface area contributed by atoms with E-state index >= 15 is 0 Å². The topological polar surface area (TPSA) is 41.1 Å². The fourth-order valence-electron chi connectivity index (χ4n) is 2.18. The first-order valence-electron chi connectivity index (χ1n) is 7.66. The largest absolute Gasteiger partial charge is 0.352 e. The van der Waals surface area contributed by atoms with Crippen molar-refractivity contribution in [2.24, 2.45) is 5.92 Å². The van der Waals surface area contributed by atoms with Gasteiger partial charge in [0.1, 0.15) is 0 Å². The van der Waals surface area contributed by atoms with Gasteiger partial charge in [-0.2, -0.15) is 0 Å². The molecule has 2 rings (SSSR count). The quantitative estimate of drug-likeness (QED) is 0.802. The third-order valence-corrected chi connectivity index (χ3v) is 3.60. The molecular weight excluding hydrogens is 248 g/mol. The molecule has 20 heavy (non-hydrogen) atoms. The summed E-state index contributed by atoms with van der Waals surface area (Å²) in [5, 5.41) is 6.30. The van der Waals surface area contributed by atoms with Crippen LogP contribution >= 0.6 is 0 Å². The van der Waals surface area contributed by atoms with E-state index < -0.39 is 0 Å². The zero-order valence-corrected chi connectivity index (χ0v) is 12.8. The molecule has 1 atom stereocenters. The first-order valence-corrected chi connectivity index (χ1v) is 7.66. The van der Waals surface area contributed by atoms with Gasteiger partial charge in [-0.05, 0) is 43.2 Å². The van der Waals surface area contributed by atoms with Crippen LogP contribution < -0.4 is 10.6 Å². The molecule has 2 N–H and O–H groups in total. The minimum Gasteiger partial charge on any atom is -0.352 e. The highest BCUT2D eigenvalue weighted by Crippen LogP contribution is 2.18. The molecule has 0 spiro atoms. The lowest BCUT2D eigenvalue weighted by atomic mass is 10.0. The summed E-state index contributed by atoms with van der Waals surface area (Å²) in [6.07, 6.45) is 3.39. The maximum absolute atomic E-state index is 11.8. The molecule has 1 aliphatic carbocycles. The molecule has 1 aromatic carbocycles. The third-order valence-electron chi connectivity index (χ3n) is 3.60. The summed E-state index contributed by atoms with van der Waals surface area (Å²) in [5.74, 6) is 0.800.